The van der Waals surface area contributed by atoms with Crippen LogP contribution in [-0.2, 0) is 0 Å². The van der Waals surface area contributed by atoms with Crippen LogP contribution in [0.15, 0.2) is 46.9 Å². The molecule has 0 unspecified atom stereocenters. The van der Waals surface area contributed by atoms with E-state index in [4.69, 9.17) is 18.6 Å². The second-order valence-electron chi connectivity index (χ2n) is 5.43. The summed E-state index contributed by atoms with van der Waals surface area (Å²) >= 11 is 0. The summed E-state index contributed by atoms with van der Waals surface area (Å²) in [7, 11) is 3.02. The number of nitrogens with one attached hydrogen (secondary N) is 1. The van der Waals surface area contributed by atoms with Crippen molar-refractivity contribution >= 4 is 11.9 Å². The Balaban J connectivity index is 1.74. The maximum Gasteiger partial charge on any atom is 0.322 e. The zero-order chi connectivity index (χ0) is 19.2. The van der Waals surface area contributed by atoms with E-state index in [1.54, 1.807) is 30.3 Å². The Morgan fingerprint density at radius 1 is 1.00 bits per heavy atom. The number of benzene rings is 2. The topological polar surface area (TPSA) is 95.7 Å². The van der Waals surface area contributed by atoms with E-state index in [1.165, 1.54) is 14.2 Å². The average molecular weight is 369 g/mol. The number of rotatable bonds is 7. The van der Waals surface area contributed by atoms with Crippen LogP contribution in [0.2, 0.25) is 0 Å². The summed E-state index contributed by atoms with van der Waals surface area (Å²) in [5, 5.41) is 10.4. The quantitative estimate of drug-likeness (QED) is 0.682. The average Bonchev–Trinajstić information content (AvgIpc) is 3.16. The van der Waals surface area contributed by atoms with E-state index in [0.29, 0.717) is 23.7 Å². The Morgan fingerprint density at radius 3 is 2.26 bits per heavy atom. The van der Waals surface area contributed by atoms with Gasteiger partial charge >= 0.3 is 6.01 Å². The van der Waals surface area contributed by atoms with Crippen LogP contribution in [0.25, 0.3) is 11.5 Å². The lowest BCUT2D eigenvalue weighted by atomic mass is 10.2. The van der Waals surface area contributed by atoms with Crippen LogP contribution < -0.4 is 19.5 Å². The van der Waals surface area contributed by atoms with Crippen LogP contribution in [-0.4, -0.2) is 36.9 Å². The number of hydrogen-bond acceptors (Lipinski definition) is 7. The molecule has 27 heavy (non-hydrogen) atoms. The van der Waals surface area contributed by atoms with Crippen LogP contribution >= 0.6 is 0 Å². The number of carbonyl (C=O) groups is 1. The van der Waals surface area contributed by atoms with Crippen molar-refractivity contribution in [2.24, 2.45) is 0 Å². The molecule has 3 rings (SSSR count). The van der Waals surface area contributed by atoms with Gasteiger partial charge in [0.1, 0.15) is 17.2 Å². The smallest absolute Gasteiger partial charge is 0.322 e. The molecule has 0 fully saturated rings. The summed E-state index contributed by atoms with van der Waals surface area (Å²) in [4.78, 5) is 12.4. The fourth-order valence-electron chi connectivity index (χ4n) is 2.36. The zero-order valence-corrected chi connectivity index (χ0v) is 15.2. The summed E-state index contributed by atoms with van der Waals surface area (Å²) < 4.78 is 21.2. The first-order chi connectivity index (χ1) is 13.1. The molecule has 2 aromatic carbocycles. The minimum atomic E-state index is -0.422. The highest BCUT2D eigenvalue weighted by molar-refractivity contribution is 6.03. The first kappa shape index (κ1) is 18.2. The van der Waals surface area contributed by atoms with Gasteiger partial charge in [0.25, 0.3) is 5.91 Å². The first-order valence-electron chi connectivity index (χ1n) is 8.24. The lowest BCUT2D eigenvalue weighted by Gasteiger charge is -2.07. The lowest BCUT2D eigenvalue weighted by molar-refractivity contribution is 0.102. The maximum absolute atomic E-state index is 12.4. The van der Waals surface area contributed by atoms with Crippen molar-refractivity contribution in [2.45, 2.75) is 6.92 Å². The molecule has 0 aliphatic carbocycles. The van der Waals surface area contributed by atoms with Crippen molar-refractivity contribution in [3.63, 3.8) is 0 Å². The lowest BCUT2D eigenvalue weighted by Crippen LogP contribution is -2.12. The van der Waals surface area contributed by atoms with Crippen molar-refractivity contribution in [3.8, 4) is 28.7 Å². The number of amides is 1. The van der Waals surface area contributed by atoms with E-state index in [9.17, 15) is 4.79 Å². The van der Waals surface area contributed by atoms with Gasteiger partial charge in [0.15, 0.2) is 0 Å². The molecule has 0 radical (unpaired) electrons. The molecule has 1 amide bonds. The van der Waals surface area contributed by atoms with Crippen LogP contribution in [0.5, 0.6) is 17.2 Å². The molecule has 0 aliphatic heterocycles. The molecule has 0 aliphatic rings. The zero-order valence-electron chi connectivity index (χ0n) is 15.2. The van der Waals surface area contributed by atoms with Gasteiger partial charge < -0.3 is 18.6 Å². The number of nitrogens with zero attached hydrogens (tertiary/aromatic N) is 2. The third-order valence-corrected chi connectivity index (χ3v) is 3.67. The summed E-state index contributed by atoms with van der Waals surface area (Å²) in [5.74, 6) is 1.62. The molecule has 3 aromatic rings. The van der Waals surface area contributed by atoms with Crippen molar-refractivity contribution in [1.82, 2.24) is 10.2 Å². The molecule has 0 saturated heterocycles. The van der Waals surface area contributed by atoms with Gasteiger partial charge in [-0.15, -0.1) is 5.10 Å². The second-order valence-corrected chi connectivity index (χ2v) is 5.43. The monoisotopic (exact) mass is 369 g/mol. The summed E-state index contributed by atoms with van der Waals surface area (Å²) in [5.41, 5.74) is 1.06. The van der Waals surface area contributed by atoms with Gasteiger partial charge in [0.05, 0.1) is 20.8 Å². The van der Waals surface area contributed by atoms with Crippen LogP contribution in [0.4, 0.5) is 6.01 Å². The Bertz CT molecular complexity index is 899. The van der Waals surface area contributed by atoms with Gasteiger partial charge in [-0.2, -0.15) is 0 Å². The summed E-state index contributed by atoms with van der Waals surface area (Å²) in [6.07, 6.45) is 0. The van der Waals surface area contributed by atoms with E-state index in [1.807, 2.05) is 19.1 Å². The number of ether oxygens (including phenoxy) is 3. The Hall–Kier alpha value is -3.55. The van der Waals surface area contributed by atoms with E-state index >= 15 is 0 Å². The van der Waals surface area contributed by atoms with Gasteiger partial charge in [-0.1, -0.05) is 5.10 Å². The second kappa shape index (κ2) is 8.22. The summed E-state index contributed by atoms with van der Waals surface area (Å²) in [6, 6.07) is 12.1. The fraction of sp³-hybridized carbons (Fsp3) is 0.211. The molecule has 1 aromatic heterocycles. The molecule has 1 N–H and O–H groups in total. The number of methoxy groups -OCH3 is 2. The van der Waals surface area contributed by atoms with Gasteiger partial charge in [-0.25, -0.2) is 0 Å². The molecule has 8 nitrogen and oxygen atoms in total. The molecule has 1 heterocycles. The van der Waals surface area contributed by atoms with Gasteiger partial charge in [0.2, 0.25) is 5.89 Å². The highest BCUT2D eigenvalue weighted by Gasteiger charge is 2.15. The van der Waals surface area contributed by atoms with E-state index in [0.717, 1.165) is 11.3 Å². The largest absolute Gasteiger partial charge is 0.497 e. The minimum Gasteiger partial charge on any atom is -0.497 e. The predicted molar refractivity (Wildman–Crippen MR) is 98.4 cm³/mol. The first-order valence-corrected chi connectivity index (χ1v) is 8.24. The minimum absolute atomic E-state index is 0.00864. The third kappa shape index (κ3) is 4.35. The number of anilines is 1. The third-order valence-electron chi connectivity index (χ3n) is 3.67. The number of aromatic nitrogens is 2. The molecule has 0 saturated carbocycles. The van der Waals surface area contributed by atoms with Gasteiger partial charge in [0, 0.05) is 17.2 Å². The van der Waals surface area contributed by atoms with Crippen LogP contribution in [0, 0.1) is 0 Å². The van der Waals surface area contributed by atoms with E-state index < -0.39 is 5.91 Å². The van der Waals surface area contributed by atoms with Crippen molar-refractivity contribution in [2.75, 3.05) is 26.1 Å². The molecule has 8 heteroatoms. The fourth-order valence-corrected chi connectivity index (χ4v) is 2.36. The van der Waals surface area contributed by atoms with E-state index in [2.05, 4.69) is 15.5 Å². The highest BCUT2D eigenvalue weighted by atomic mass is 16.5. The van der Waals surface area contributed by atoms with Crippen LogP contribution in [0.3, 0.4) is 0 Å². The van der Waals surface area contributed by atoms with Gasteiger partial charge in [-0.05, 0) is 43.3 Å². The molecule has 0 bridgehead atoms. The predicted octanol–water partition coefficient (Wildman–Crippen LogP) is 3.40. The van der Waals surface area contributed by atoms with E-state index in [-0.39, 0.29) is 11.9 Å². The number of hydrogen-bond donors (Lipinski definition) is 1. The molecule has 0 atom stereocenters. The van der Waals surface area contributed by atoms with Crippen molar-refractivity contribution < 1.29 is 23.4 Å². The highest BCUT2D eigenvalue weighted by Crippen LogP contribution is 2.25. The summed E-state index contributed by atoms with van der Waals surface area (Å²) in [6.45, 7) is 2.50. The van der Waals surface area contributed by atoms with Crippen molar-refractivity contribution in [1.29, 1.82) is 0 Å². The standard InChI is InChI=1S/C19H19N3O5/c1-4-26-14-7-5-12(6-8-14)18-21-22-19(27-18)20-17(23)13-9-15(24-2)11-16(10-13)25-3/h5-11H,4H2,1-3H3,(H,20,22,23). The SMILES string of the molecule is CCOc1ccc(-c2nnc(NC(=O)c3cc(OC)cc(OC)c3)o2)cc1. The number of carbonyl (C=O) groups excluding carboxylic acids is 1. The molecular weight excluding hydrogens is 350 g/mol. The normalized spacial score (nSPS) is 10.3. The van der Waals surface area contributed by atoms with Gasteiger partial charge in [-0.3, -0.25) is 10.1 Å². The maximum atomic E-state index is 12.4. The van der Waals surface area contributed by atoms with Crippen LogP contribution in [0.1, 0.15) is 17.3 Å². The Labute approximate surface area is 156 Å². The molecule has 0 spiro atoms. The Morgan fingerprint density at radius 2 is 1.67 bits per heavy atom. The molecular formula is C19H19N3O5. The molecule has 140 valence electrons. The Kier molecular flexibility index (Phi) is 5.55. The van der Waals surface area contributed by atoms with Crippen molar-refractivity contribution in [3.05, 3.63) is 48.0 Å².